The molecule has 0 N–H and O–H groups in total. The van der Waals surface area contributed by atoms with Crippen molar-refractivity contribution >= 4 is 23.5 Å². The number of hydrogen-bond acceptors (Lipinski definition) is 4. The first kappa shape index (κ1) is 14.5. The Bertz CT molecular complexity index is 520. The van der Waals surface area contributed by atoms with E-state index in [0.29, 0.717) is 0 Å². The summed E-state index contributed by atoms with van der Waals surface area (Å²) in [6, 6.07) is 8.61. The first-order chi connectivity index (χ1) is 9.24. The van der Waals surface area contributed by atoms with Crippen LogP contribution < -0.4 is 0 Å². The van der Waals surface area contributed by atoms with Crippen molar-refractivity contribution in [3.05, 3.63) is 35.7 Å². The fourth-order valence-electron chi connectivity index (χ4n) is 1.76. The smallest absolute Gasteiger partial charge is 0.191 e. The van der Waals surface area contributed by atoms with Gasteiger partial charge in [-0.25, -0.2) is 0 Å². The van der Waals surface area contributed by atoms with Crippen LogP contribution in [0.1, 0.15) is 25.2 Å². The minimum atomic E-state index is 0.869. The van der Waals surface area contributed by atoms with Gasteiger partial charge in [-0.3, -0.25) is 0 Å². The number of benzene rings is 1. The molecular formula is C14H19N3S2. The number of rotatable bonds is 6. The minimum Gasteiger partial charge on any atom is -0.306 e. The van der Waals surface area contributed by atoms with Gasteiger partial charge < -0.3 is 4.57 Å². The largest absolute Gasteiger partial charge is 0.306 e. The lowest BCUT2D eigenvalue weighted by molar-refractivity contribution is 0.659. The van der Waals surface area contributed by atoms with Crippen LogP contribution in [0, 0.1) is 6.92 Å². The zero-order valence-electron chi connectivity index (χ0n) is 11.6. The predicted octanol–water partition coefficient (Wildman–Crippen LogP) is 4.01. The Morgan fingerprint density at radius 1 is 1.05 bits per heavy atom. The Morgan fingerprint density at radius 2 is 1.79 bits per heavy atom. The third kappa shape index (κ3) is 3.76. The van der Waals surface area contributed by atoms with E-state index >= 15 is 0 Å². The highest BCUT2D eigenvalue weighted by molar-refractivity contribution is 7.99. The highest BCUT2D eigenvalue weighted by Crippen LogP contribution is 2.24. The SMILES string of the molecule is CCSc1nnc(CSc2ccc(C)cc2)n1CC. The summed E-state index contributed by atoms with van der Waals surface area (Å²) < 4.78 is 2.20. The van der Waals surface area contributed by atoms with Crippen LogP contribution in [-0.4, -0.2) is 20.5 Å². The summed E-state index contributed by atoms with van der Waals surface area (Å²) in [7, 11) is 0. The molecule has 0 radical (unpaired) electrons. The van der Waals surface area contributed by atoms with Crippen LogP contribution in [0.3, 0.4) is 0 Å². The van der Waals surface area contributed by atoms with Crippen LogP contribution in [0.25, 0.3) is 0 Å². The van der Waals surface area contributed by atoms with Crippen LogP contribution in [0.4, 0.5) is 0 Å². The van der Waals surface area contributed by atoms with Crippen molar-refractivity contribution in [3.63, 3.8) is 0 Å². The van der Waals surface area contributed by atoms with Gasteiger partial charge >= 0.3 is 0 Å². The zero-order valence-corrected chi connectivity index (χ0v) is 13.2. The molecule has 3 nitrogen and oxygen atoms in total. The van der Waals surface area contributed by atoms with Crippen LogP contribution in [0.5, 0.6) is 0 Å². The van der Waals surface area contributed by atoms with Crippen molar-refractivity contribution < 1.29 is 0 Å². The average molecular weight is 293 g/mol. The van der Waals surface area contributed by atoms with Crippen LogP contribution in [-0.2, 0) is 12.3 Å². The quantitative estimate of drug-likeness (QED) is 0.753. The van der Waals surface area contributed by atoms with E-state index in [2.05, 4.69) is 59.8 Å². The summed E-state index contributed by atoms with van der Waals surface area (Å²) in [5.41, 5.74) is 1.29. The van der Waals surface area contributed by atoms with E-state index in [4.69, 9.17) is 0 Å². The summed E-state index contributed by atoms with van der Waals surface area (Å²) in [4.78, 5) is 1.28. The molecule has 0 unspecified atom stereocenters. The topological polar surface area (TPSA) is 30.7 Å². The van der Waals surface area contributed by atoms with Crippen molar-refractivity contribution in [2.75, 3.05) is 5.75 Å². The monoisotopic (exact) mass is 293 g/mol. The molecule has 1 heterocycles. The van der Waals surface area contributed by atoms with Gasteiger partial charge in [0.05, 0.1) is 5.75 Å². The molecule has 5 heteroatoms. The summed E-state index contributed by atoms with van der Waals surface area (Å²) in [5.74, 6) is 2.96. The van der Waals surface area contributed by atoms with Crippen LogP contribution in [0.15, 0.2) is 34.3 Å². The van der Waals surface area contributed by atoms with Gasteiger partial charge in [-0.05, 0) is 31.7 Å². The second-order valence-electron chi connectivity index (χ2n) is 4.18. The fourth-order valence-corrected chi connectivity index (χ4v) is 3.35. The summed E-state index contributed by atoms with van der Waals surface area (Å²) in [6.07, 6.45) is 0. The molecule has 2 aromatic rings. The molecule has 2 rings (SSSR count). The maximum absolute atomic E-state index is 4.31. The van der Waals surface area contributed by atoms with E-state index in [1.165, 1.54) is 10.5 Å². The zero-order chi connectivity index (χ0) is 13.7. The molecule has 1 aromatic carbocycles. The minimum absolute atomic E-state index is 0.869. The average Bonchev–Trinajstić information content (AvgIpc) is 2.81. The predicted molar refractivity (Wildman–Crippen MR) is 82.8 cm³/mol. The molecule has 0 spiro atoms. The number of aryl methyl sites for hydroxylation is 1. The summed E-state index contributed by atoms with van der Waals surface area (Å²) in [5, 5.41) is 9.61. The molecule has 1 aromatic heterocycles. The molecule has 0 atom stereocenters. The van der Waals surface area contributed by atoms with Crippen molar-refractivity contribution in [3.8, 4) is 0 Å². The Hall–Kier alpha value is -0.940. The van der Waals surface area contributed by atoms with Gasteiger partial charge in [0.15, 0.2) is 5.16 Å². The molecule has 0 saturated heterocycles. The molecule has 19 heavy (non-hydrogen) atoms. The van der Waals surface area contributed by atoms with Crippen LogP contribution >= 0.6 is 23.5 Å². The molecule has 0 aliphatic heterocycles. The summed E-state index contributed by atoms with van der Waals surface area (Å²) >= 11 is 3.56. The normalized spacial score (nSPS) is 10.9. The second-order valence-corrected chi connectivity index (χ2v) is 6.46. The van der Waals surface area contributed by atoms with Gasteiger partial charge in [-0.15, -0.1) is 22.0 Å². The lowest BCUT2D eigenvalue weighted by Crippen LogP contribution is -2.02. The van der Waals surface area contributed by atoms with Gasteiger partial charge in [-0.1, -0.05) is 36.4 Å². The van der Waals surface area contributed by atoms with E-state index in [0.717, 1.165) is 29.0 Å². The number of nitrogens with zero attached hydrogens (tertiary/aromatic N) is 3. The highest BCUT2D eigenvalue weighted by Gasteiger charge is 2.10. The number of thioether (sulfide) groups is 2. The molecule has 0 aliphatic rings. The number of aromatic nitrogens is 3. The third-order valence-corrected chi connectivity index (χ3v) is 4.63. The first-order valence-electron chi connectivity index (χ1n) is 6.49. The Labute approximate surface area is 123 Å². The van der Waals surface area contributed by atoms with Gasteiger partial charge in [0.1, 0.15) is 5.82 Å². The van der Waals surface area contributed by atoms with Crippen molar-refractivity contribution in [1.29, 1.82) is 0 Å². The number of hydrogen-bond donors (Lipinski definition) is 0. The molecule has 0 amide bonds. The maximum Gasteiger partial charge on any atom is 0.191 e. The molecular weight excluding hydrogens is 274 g/mol. The maximum atomic E-state index is 4.31. The Kier molecular flexibility index (Phi) is 5.34. The van der Waals surface area contributed by atoms with Gasteiger partial charge in [-0.2, -0.15) is 0 Å². The molecule has 0 fully saturated rings. The van der Waals surface area contributed by atoms with Gasteiger partial charge in [0, 0.05) is 11.4 Å². The molecule has 0 saturated carbocycles. The summed E-state index contributed by atoms with van der Waals surface area (Å²) in [6.45, 7) is 7.32. The second kappa shape index (κ2) is 7.01. The van der Waals surface area contributed by atoms with Crippen LogP contribution in [0.2, 0.25) is 0 Å². The van der Waals surface area contributed by atoms with E-state index in [1.807, 2.05) is 11.8 Å². The van der Waals surface area contributed by atoms with E-state index in [1.54, 1.807) is 11.8 Å². The van der Waals surface area contributed by atoms with Gasteiger partial charge in [0.25, 0.3) is 0 Å². The lowest BCUT2D eigenvalue weighted by atomic mass is 10.2. The standard InChI is InChI=1S/C14H19N3S2/c1-4-17-13(15-16-14(17)18-5-2)10-19-12-8-6-11(3)7-9-12/h6-9H,4-5,10H2,1-3H3. The van der Waals surface area contributed by atoms with Crippen molar-refractivity contribution in [2.45, 2.75) is 43.1 Å². The molecule has 0 bridgehead atoms. The van der Waals surface area contributed by atoms with E-state index in [9.17, 15) is 0 Å². The Morgan fingerprint density at radius 3 is 2.42 bits per heavy atom. The molecule has 102 valence electrons. The molecule has 0 aliphatic carbocycles. The van der Waals surface area contributed by atoms with Crippen molar-refractivity contribution in [1.82, 2.24) is 14.8 Å². The first-order valence-corrected chi connectivity index (χ1v) is 8.46. The highest BCUT2D eigenvalue weighted by atomic mass is 32.2. The van der Waals surface area contributed by atoms with Crippen molar-refractivity contribution in [2.24, 2.45) is 0 Å². The van der Waals surface area contributed by atoms with E-state index in [-0.39, 0.29) is 0 Å². The van der Waals surface area contributed by atoms with E-state index < -0.39 is 0 Å². The Balaban J connectivity index is 2.04. The fraction of sp³-hybridized carbons (Fsp3) is 0.429. The van der Waals surface area contributed by atoms with Gasteiger partial charge in [0.2, 0.25) is 0 Å². The third-order valence-electron chi connectivity index (χ3n) is 2.77. The lowest BCUT2D eigenvalue weighted by Gasteiger charge is -2.06.